The summed E-state index contributed by atoms with van der Waals surface area (Å²) >= 11 is 0. The van der Waals surface area contributed by atoms with E-state index < -0.39 is 24.0 Å². The Labute approximate surface area is 118 Å². The zero-order valence-electron chi connectivity index (χ0n) is 12.0. The first-order chi connectivity index (χ1) is 9.32. The van der Waals surface area contributed by atoms with Gasteiger partial charge in [-0.1, -0.05) is 13.8 Å². The van der Waals surface area contributed by atoms with E-state index >= 15 is 0 Å². The number of primary amides is 1. The molecule has 0 aromatic rings. The van der Waals surface area contributed by atoms with Crippen LogP contribution in [0, 0.1) is 11.8 Å². The molecular weight excluding hydrogens is 262 g/mol. The van der Waals surface area contributed by atoms with Crippen molar-refractivity contribution >= 4 is 17.9 Å². The number of carboxylic acid groups (broad SMARTS) is 1. The van der Waals surface area contributed by atoms with E-state index in [9.17, 15) is 14.4 Å². The van der Waals surface area contributed by atoms with E-state index in [4.69, 9.17) is 10.8 Å². The molecule has 7 heteroatoms. The predicted molar refractivity (Wildman–Crippen MR) is 72.9 cm³/mol. The van der Waals surface area contributed by atoms with Crippen molar-refractivity contribution in [1.82, 2.24) is 10.2 Å². The van der Waals surface area contributed by atoms with E-state index in [1.807, 2.05) is 13.8 Å². The molecule has 2 atom stereocenters. The van der Waals surface area contributed by atoms with E-state index in [-0.39, 0.29) is 18.4 Å². The Morgan fingerprint density at radius 2 is 2.05 bits per heavy atom. The molecule has 1 unspecified atom stereocenters. The third-order valence-electron chi connectivity index (χ3n) is 3.47. The summed E-state index contributed by atoms with van der Waals surface area (Å²) in [5.41, 5.74) is 5.21. The molecule has 0 radical (unpaired) electrons. The number of amides is 3. The molecule has 3 amide bonds. The van der Waals surface area contributed by atoms with E-state index in [1.54, 1.807) is 0 Å². The van der Waals surface area contributed by atoms with Crippen molar-refractivity contribution in [3.8, 4) is 0 Å². The van der Waals surface area contributed by atoms with E-state index in [0.29, 0.717) is 19.4 Å². The van der Waals surface area contributed by atoms with Crippen molar-refractivity contribution in [3.05, 3.63) is 0 Å². The van der Waals surface area contributed by atoms with Gasteiger partial charge in [-0.25, -0.2) is 4.79 Å². The van der Waals surface area contributed by atoms with Crippen molar-refractivity contribution in [2.45, 2.75) is 39.2 Å². The highest BCUT2D eigenvalue weighted by atomic mass is 16.4. The minimum absolute atomic E-state index is 0.0788. The van der Waals surface area contributed by atoms with Crippen LogP contribution in [0.25, 0.3) is 0 Å². The Morgan fingerprint density at radius 3 is 2.55 bits per heavy atom. The van der Waals surface area contributed by atoms with Gasteiger partial charge in [-0.3, -0.25) is 9.59 Å². The lowest BCUT2D eigenvalue weighted by Crippen LogP contribution is -2.49. The second-order valence-electron chi connectivity index (χ2n) is 5.60. The smallest absolute Gasteiger partial charge is 0.315 e. The normalized spacial score (nSPS) is 19.9. The Balaban J connectivity index is 2.53. The molecule has 0 saturated carbocycles. The summed E-state index contributed by atoms with van der Waals surface area (Å²) in [6.45, 7) is 4.42. The molecule has 1 heterocycles. The number of rotatable bonds is 6. The highest BCUT2D eigenvalue weighted by Gasteiger charge is 2.33. The fourth-order valence-corrected chi connectivity index (χ4v) is 2.49. The number of carboxylic acids is 1. The molecule has 7 nitrogen and oxygen atoms in total. The molecule has 1 fully saturated rings. The molecule has 1 aliphatic heterocycles. The largest absolute Gasteiger partial charge is 0.481 e. The minimum Gasteiger partial charge on any atom is -0.481 e. The van der Waals surface area contributed by atoms with Crippen LogP contribution in [0.4, 0.5) is 4.79 Å². The number of carbonyl (C=O) groups is 3. The summed E-state index contributed by atoms with van der Waals surface area (Å²) in [5.74, 6) is -1.61. The summed E-state index contributed by atoms with van der Waals surface area (Å²) in [5, 5.41) is 11.7. The highest BCUT2D eigenvalue weighted by molar-refractivity contribution is 5.87. The molecule has 4 N–H and O–H groups in total. The molecule has 114 valence electrons. The molecule has 0 aromatic carbocycles. The second-order valence-corrected chi connectivity index (χ2v) is 5.60. The van der Waals surface area contributed by atoms with Crippen LogP contribution in [0.5, 0.6) is 0 Å². The van der Waals surface area contributed by atoms with Gasteiger partial charge in [0.2, 0.25) is 5.91 Å². The topological polar surface area (TPSA) is 113 Å². The van der Waals surface area contributed by atoms with Crippen LogP contribution < -0.4 is 11.1 Å². The van der Waals surface area contributed by atoms with Crippen LogP contribution in [-0.2, 0) is 9.59 Å². The zero-order valence-corrected chi connectivity index (χ0v) is 12.0. The molecule has 0 aliphatic carbocycles. The van der Waals surface area contributed by atoms with Gasteiger partial charge in [0.25, 0.3) is 0 Å². The summed E-state index contributed by atoms with van der Waals surface area (Å²) in [4.78, 5) is 35.6. The first-order valence-electron chi connectivity index (χ1n) is 6.89. The van der Waals surface area contributed by atoms with Crippen molar-refractivity contribution in [2.24, 2.45) is 17.6 Å². The standard InChI is InChI=1S/C13H23N3O4/c1-8(2)6-9(12(18)19)7-15-11(17)10-4-3-5-16(10)13(14)20/h8-10H,3-7H2,1-2H3,(H2,14,20)(H,15,17)(H,18,19)/t9?,10-/m0/s1. The Morgan fingerprint density at radius 1 is 1.40 bits per heavy atom. The second kappa shape index (κ2) is 7.12. The summed E-state index contributed by atoms with van der Waals surface area (Å²) < 4.78 is 0. The maximum absolute atomic E-state index is 12.0. The molecule has 1 saturated heterocycles. The van der Waals surface area contributed by atoms with Crippen molar-refractivity contribution in [3.63, 3.8) is 0 Å². The maximum atomic E-state index is 12.0. The van der Waals surface area contributed by atoms with Gasteiger partial charge in [-0.05, 0) is 25.2 Å². The Hall–Kier alpha value is -1.79. The number of nitrogens with one attached hydrogen (secondary N) is 1. The number of hydrogen-bond donors (Lipinski definition) is 3. The van der Waals surface area contributed by atoms with Crippen LogP contribution in [-0.4, -0.2) is 47.0 Å². The van der Waals surface area contributed by atoms with Gasteiger partial charge in [-0.15, -0.1) is 0 Å². The highest BCUT2D eigenvalue weighted by Crippen LogP contribution is 2.17. The lowest BCUT2D eigenvalue weighted by Gasteiger charge is -2.23. The van der Waals surface area contributed by atoms with E-state index in [1.165, 1.54) is 4.90 Å². The molecule has 20 heavy (non-hydrogen) atoms. The fourth-order valence-electron chi connectivity index (χ4n) is 2.49. The fraction of sp³-hybridized carbons (Fsp3) is 0.769. The predicted octanol–water partition coefficient (Wildman–Crippen LogP) is 0.393. The van der Waals surface area contributed by atoms with Gasteiger partial charge >= 0.3 is 12.0 Å². The zero-order chi connectivity index (χ0) is 15.3. The monoisotopic (exact) mass is 285 g/mol. The average Bonchev–Trinajstić information content (AvgIpc) is 2.82. The SMILES string of the molecule is CC(C)CC(CNC(=O)[C@@H]1CCCN1C(N)=O)C(=O)O. The van der Waals surface area contributed by atoms with Crippen LogP contribution >= 0.6 is 0 Å². The number of carbonyl (C=O) groups excluding carboxylic acids is 2. The Kier molecular flexibility index (Phi) is 5.79. The first kappa shape index (κ1) is 16.3. The Bertz CT molecular complexity index is 384. The molecule has 1 aliphatic rings. The van der Waals surface area contributed by atoms with Crippen LogP contribution in [0.3, 0.4) is 0 Å². The van der Waals surface area contributed by atoms with Gasteiger partial charge < -0.3 is 21.1 Å². The quantitative estimate of drug-likeness (QED) is 0.655. The third-order valence-corrected chi connectivity index (χ3v) is 3.47. The number of likely N-dealkylation sites (tertiary alicyclic amines) is 1. The minimum atomic E-state index is -0.919. The number of nitrogens with zero attached hydrogens (tertiary/aromatic N) is 1. The van der Waals surface area contributed by atoms with Crippen LogP contribution in [0.15, 0.2) is 0 Å². The number of aliphatic carboxylic acids is 1. The summed E-state index contributed by atoms with van der Waals surface area (Å²) in [7, 11) is 0. The molecule has 0 bridgehead atoms. The maximum Gasteiger partial charge on any atom is 0.315 e. The molecule has 0 spiro atoms. The van der Waals surface area contributed by atoms with Gasteiger partial charge in [0, 0.05) is 13.1 Å². The van der Waals surface area contributed by atoms with Crippen molar-refractivity contribution in [1.29, 1.82) is 0 Å². The summed E-state index contributed by atoms with van der Waals surface area (Å²) in [6.07, 6.45) is 1.80. The first-order valence-corrected chi connectivity index (χ1v) is 6.89. The summed E-state index contributed by atoms with van der Waals surface area (Å²) in [6, 6.07) is -1.18. The van der Waals surface area contributed by atoms with Gasteiger partial charge in [0.05, 0.1) is 5.92 Å². The van der Waals surface area contributed by atoms with Gasteiger partial charge in [0.15, 0.2) is 0 Å². The van der Waals surface area contributed by atoms with E-state index in [0.717, 1.165) is 6.42 Å². The van der Waals surface area contributed by atoms with Crippen molar-refractivity contribution in [2.75, 3.05) is 13.1 Å². The molecule has 1 rings (SSSR count). The van der Waals surface area contributed by atoms with E-state index in [2.05, 4.69) is 5.32 Å². The molecular formula is C13H23N3O4. The average molecular weight is 285 g/mol. The lowest BCUT2D eigenvalue weighted by molar-refractivity contribution is -0.142. The van der Waals surface area contributed by atoms with Crippen LogP contribution in [0.1, 0.15) is 33.1 Å². The lowest BCUT2D eigenvalue weighted by atomic mass is 9.97. The van der Waals surface area contributed by atoms with Crippen LogP contribution in [0.2, 0.25) is 0 Å². The number of urea groups is 1. The third kappa shape index (κ3) is 4.40. The number of hydrogen-bond acceptors (Lipinski definition) is 3. The van der Waals surface area contributed by atoms with Gasteiger partial charge in [0.1, 0.15) is 6.04 Å². The molecule has 0 aromatic heterocycles. The van der Waals surface area contributed by atoms with Crippen molar-refractivity contribution < 1.29 is 19.5 Å². The number of nitrogens with two attached hydrogens (primary N) is 1. The van der Waals surface area contributed by atoms with Gasteiger partial charge in [-0.2, -0.15) is 0 Å².